The fraction of sp³-hybridized carbons (Fsp3) is 0.375. The van der Waals surface area contributed by atoms with Gasteiger partial charge in [-0.05, 0) is 6.42 Å². The van der Waals surface area contributed by atoms with Gasteiger partial charge in [-0.25, -0.2) is 4.79 Å². The quantitative estimate of drug-likeness (QED) is 0.377. The average Bonchev–Trinajstić information content (AvgIpc) is 2.08. The monoisotopic (exact) mass is 200 g/mol. The van der Waals surface area contributed by atoms with Gasteiger partial charge in [-0.2, -0.15) is 0 Å². The summed E-state index contributed by atoms with van der Waals surface area (Å²) in [6.07, 6.45) is 2.29. The lowest BCUT2D eigenvalue weighted by Gasteiger charge is -1.99. The first-order valence-electron chi connectivity index (χ1n) is 3.99. The van der Waals surface area contributed by atoms with Gasteiger partial charge in [0.1, 0.15) is 0 Å². The van der Waals surface area contributed by atoms with Gasteiger partial charge in [-0.15, -0.1) is 0 Å². The maximum Gasteiger partial charge on any atom is 0.328 e. The molecule has 0 saturated carbocycles. The van der Waals surface area contributed by atoms with Crippen molar-refractivity contribution in [3.8, 4) is 0 Å². The van der Waals surface area contributed by atoms with Gasteiger partial charge in [-0.1, -0.05) is 0 Å². The number of carboxylic acids is 1. The van der Waals surface area contributed by atoms with Crippen LogP contribution in [0.15, 0.2) is 12.2 Å². The Morgan fingerprint density at radius 3 is 2.43 bits per heavy atom. The van der Waals surface area contributed by atoms with Crippen molar-refractivity contribution in [3.63, 3.8) is 0 Å². The minimum Gasteiger partial charge on any atom is -0.478 e. The summed E-state index contributed by atoms with van der Waals surface area (Å²) in [6.45, 7) is 0.297. The molecule has 0 atom stereocenters. The Morgan fingerprint density at radius 2 is 1.93 bits per heavy atom. The summed E-state index contributed by atoms with van der Waals surface area (Å²) < 4.78 is 0. The van der Waals surface area contributed by atoms with Crippen LogP contribution in [-0.4, -0.2) is 29.4 Å². The maximum atomic E-state index is 10.8. The topological polar surface area (TPSA) is 109 Å². The summed E-state index contributed by atoms with van der Waals surface area (Å²) in [5.74, 6) is -2.12. The van der Waals surface area contributed by atoms with Crippen molar-refractivity contribution in [1.29, 1.82) is 0 Å². The molecule has 6 heteroatoms. The zero-order valence-electron chi connectivity index (χ0n) is 7.53. The Labute approximate surface area is 80.8 Å². The second kappa shape index (κ2) is 6.64. The second-order valence-electron chi connectivity index (χ2n) is 2.53. The van der Waals surface area contributed by atoms with Gasteiger partial charge in [0.2, 0.25) is 11.8 Å². The summed E-state index contributed by atoms with van der Waals surface area (Å²) in [4.78, 5) is 31.1. The van der Waals surface area contributed by atoms with Gasteiger partial charge in [0.15, 0.2) is 0 Å². The molecule has 0 unspecified atom stereocenters. The first-order chi connectivity index (χ1) is 6.52. The van der Waals surface area contributed by atoms with E-state index < -0.39 is 17.8 Å². The molecule has 0 saturated heterocycles. The molecule has 0 aromatic carbocycles. The van der Waals surface area contributed by atoms with Gasteiger partial charge in [-0.3, -0.25) is 9.59 Å². The summed E-state index contributed by atoms with van der Waals surface area (Å²) in [7, 11) is 0. The Kier molecular flexibility index (Phi) is 5.77. The number of carboxylic acid groups (broad SMARTS) is 1. The molecule has 78 valence electrons. The predicted octanol–water partition coefficient (Wildman–Crippen LogP) is -0.991. The van der Waals surface area contributed by atoms with Gasteiger partial charge in [0.25, 0.3) is 0 Å². The van der Waals surface area contributed by atoms with E-state index in [0.717, 1.165) is 12.2 Å². The lowest BCUT2D eigenvalue weighted by atomic mass is 10.3. The molecule has 6 nitrogen and oxygen atoms in total. The number of nitrogens with one attached hydrogen (secondary N) is 1. The third-order valence-corrected chi connectivity index (χ3v) is 1.28. The molecule has 0 radical (unpaired) electrons. The highest BCUT2D eigenvalue weighted by Crippen LogP contribution is 1.84. The minimum atomic E-state index is -1.18. The van der Waals surface area contributed by atoms with Crippen LogP contribution in [0.2, 0.25) is 0 Å². The smallest absolute Gasteiger partial charge is 0.328 e. The molecular formula is C8H12N2O4. The molecule has 4 N–H and O–H groups in total. The highest BCUT2D eigenvalue weighted by Gasteiger charge is 1.97. The van der Waals surface area contributed by atoms with E-state index in [1.54, 1.807) is 0 Å². The number of amides is 2. The van der Waals surface area contributed by atoms with E-state index in [1.165, 1.54) is 0 Å². The van der Waals surface area contributed by atoms with Crippen LogP contribution in [-0.2, 0) is 14.4 Å². The standard InChI is InChI=1S/C8H12N2O4/c9-6(11)2-1-5-10-7(12)3-4-8(13)14/h3-4H,1-2,5H2,(H2,9,11)(H,10,12)(H,13,14)/b4-3+. The van der Waals surface area contributed by atoms with Crippen molar-refractivity contribution >= 4 is 17.8 Å². The zero-order valence-corrected chi connectivity index (χ0v) is 7.53. The van der Waals surface area contributed by atoms with Crippen molar-refractivity contribution < 1.29 is 19.5 Å². The highest BCUT2D eigenvalue weighted by atomic mass is 16.4. The van der Waals surface area contributed by atoms with E-state index in [-0.39, 0.29) is 6.42 Å². The van der Waals surface area contributed by atoms with E-state index in [2.05, 4.69) is 5.32 Å². The number of nitrogens with two attached hydrogens (primary N) is 1. The fourth-order valence-electron chi connectivity index (χ4n) is 0.680. The van der Waals surface area contributed by atoms with Gasteiger partial charge in [0, 0.05) is 25.1 Å². The minimum absolute atomic E-state index is 0.197. The molecule has 14 heavy (non-hydrogen) atoms. The lowest BCUT2D eigenvalue weighted by Crippen LogP contribution is -2.23. The molecule has 0 rings (SSSR count). The Balaban J connectivity index is 3.55. The van der Waals surface area contributed by atoms with E-state index >= 15 is 0 Å². The summed E-state index contributed by atoms with van der Waals surface area (Å²) >= 11 is 0. The summed E-state index contributed by atoms with van der Waals surface area (Å²) in [5.41, 5.74) is 4.86. The van der Waals surface area contributed by atoms with E-state index in [4.69, 9.17) is 10.8 Å². The molecular weight excluding hydrogens is 188 g/mol. The SMILES string of the molecule is NC(=O)CCCNC(=O)/C=C/C(=O)O. The molecule has 0 fully saturated rings. The summed E-state index contributed by atoms with van der Waals surface area (Å²) in [6, 6.07) is 0. The third-order valence-electron chi connectivity index (χ3n) is 1.28. The summed E-state index contributed by atoms with van der Waals surface area (Å²) in [5, 5.41) is 10.6. The molecule has 0 aliphatic heterocycles. The molecule has 2 amide bonds. The van der Waals surface area contributed by atoms with Crippen LogP contribution in [0.4, 0.5) is 0 Å². The van der Waals surface area contributed by atoms with Crippen molar-refractivity contribution in [2.24, 2.45) is 5.73 Å². The number of primary amides is 1. The lowest BCUT2D eigenvalue weighted by molar-refractivity contribution is -0.131. The van der Waals surface area contributed by atoms with Crippen molar-refractivity contribution in [3.05, 3.63) is 12.2 Å². The number of aliphatic carboxylic acids is 1. The predicted molar refractivity (Wildman–Crippen MR) is 48.2 cm³/mol. The van der Waals surface area contributed by atoms with Crippen molar-refractivity contribution in [1.82, 2.24) is 5.32 Å². The van der Waals surface area contributed by atoms with E-state index in [1.807, 2.05) is 0 Å². The Morgan fingerprint density at radius 1 is 1.29 bits per heavy atom. The van der Waals surface area contributed by atoms with Crippen LogP contribution in [0, 0.1) is 0 Å². The fourth-order valence-corrected chi connectivity index (χ4v) is 0.680. The number of hydrogen-bond acceptors (Lipinski definition) is 3. The van der Waals surface area contributed by atoms with Gasteiger partial charge in [0.05, 0.1) is 0 Å². The molecule has 0 spiro atoms. The average molecular weight is 200 g/mol. The van der Waals surface area contributed by atoms with Crippen LogP contribution in [0.3, 0.4) is 0 Å². The normalized spacial score (nSPS) is 10.0. The Hall–Kier alpha value is -1.85. The Bertz CT molecular complexity index is 260. The molecule has 0 bridgehead atoms. The van der Waals surface area contributed by atoms with Crippen molar-refractivity contribution in [2.75, 3.05) is 6.54 Å². The van der Waals surface area contributed by atoms with E-state index in [9.17, 15) is 14.4 Å². The first-order valence-corrected chi connectivity index (χ1v) is 3.99. The van der Waals surface area contributed by atoms with E-state index in [0.29, 0.717) is 13.0 Å². The first kappa shape index (κ1) is 12.2. The number of carbonyl (C=O) groups is 3. The number of hydrogen-bond donors (Lipinski definition) is 3. The zero-order chi connectivity index (χ0) is 11.0. The van der Waals surface area contributed by atoms with Gasteiger partial charge < -0.3 is 16.2 Å². The largest absolute Gasteiger partial charge is 0.478 e. The van der Waals surface area contributed by atoms with Crippen LogP contribution in [0.25, 0.3) is 0 Å². The number of carbonyl (C=O) groups excluding carboxylic acids is 2. The van der Waals surface area contributed by atoms with Crippen LogP contribution in [0.5, 0.6) is 0 Å². The van der Waals surface area contributed by atoms with Crippen LogP contribution in [0.1, 0.15) is 12.8 Å². The third kappa shape index (κ3) is 8.25. The van der Waals surface area contributed by atoms with Crippen LogP contribution >= 0.6 is 0 Å². The van der Waals surface area contributed by atoms with Gasteiger partial charge >= 0.3 is 5.97 Å². The molecule has 0 aromatic heterocycles. The van der Waals surface area contributed by atoms with Crippen molar-refractivity contribution in [2.45, 2.75) is 12.8 Å². The molecule has 0 aliphatic rings. The molecule has 0 heterocycles. The molecule has 0 aliphatic carbocycles. The van der Waals surface area contributed by atoms with Crippen LogP contribution < -0.4 is 11.1 Å². The second-order valence-corrected chi connectivity index (χ2v) is 2.53. The molecule has 0 aromatic rings. The highest BCUT2D eigenvalue weighted by molar-refractivity contribution is 5.93. The maximum absolute atomic E-state index is 10.8. The number of rotatable bonds is 6.